The summed E-state index contributed by atoms with van der Waals surface area (Å²) in [5.74, 6) is 1.49. The number of anilines is 1. The van der Waals surface area contributed by atoms with E-state index in [4.69, 9.17) is 26.8 Å². The van der Waals surface area contributed by atoms with Crippen LogP contribution >= 0.6 is 11.6 Å². The molecule has 0 atom stereocenters. The van der Waals surface area contributed by atoms with Gasteiger partial charge in [-0.15, -0.1) is 0 Å². The maximum atomic E-state index is 5.95. The smallest absolute Gasteiger partial charge is 0.161 e. The molecule has 0 aliphatic carbocycles. The second kappa shape index (κ2) is 6.53. The molecule has 0 aliphatic rings. The molecule has 0 unspecified atom stereocenters. The first-order chi connectivity index (χ1) is 9.65. The average molecular weight is 292 g/mol. The number of hydrogen-bond acceptors (Lipinski definition) is 3. The minimum atomic E-state index is 0.560. The van der Waals surface area contributed by atoms with Crippen LogP contribution in [-0.2, 0) is 0 Å². The highest BCUT2D eigenvalue weighted by molar-refractivity contribution is 6.33. The fourth-order valence-corrected chi connectivity index (χ4v) is 2.07. The number of hydrogen-bond donors (Lipinski definition) is 1. The molecule has 0 amide bonds. The van der Waals surface area contributed by atoms with Gasteiger partial charge in [-0.2, -0.15) is 0 Å². The number of rotatable bonds is 5. The third-order valence-electron chi connectivity index (χ3n) is 2.87. The molecule has 20 heavy (non-hydrogen) atoms. The predicted octanol–water partition coefficient (Wildman–Crippen LogP) is 4.39. The van der Waals surface area contributed by atoms with Gasteiger partial charge in [0.05, 0.1) is 23.9 Å². The second-order valence-corrected chi connectivity index (χ2v) is 4.67. The van der Waals surface area contributed by atoms with Crippen LogP contribution in [0.2, 0.25) is 5.02 Å². The highest BCUT2D eigenvalue weighted by Gasteiger charge is 2.08. The van der Waals surface area contributed by atoms with E-state index < -0.39 is 0 Å². The lowest BCUT2D eigenvalue weighted by atomic mass is 10.0. The maximum absolute atomic E-state index is 5.95. The van der Waals surface area contributed by atoms with Gasteiger partial charge in [0.1, 0.15) is 0 Å². The average Bonchev–Trinajstić information content (AvgIpc) is 2.44. The molecule has 0 fully saturated rings. The van der Waals surface area contributed by atoms with Crippen LogP contribution in [0.25, 0.3) is 11.1 Å². The Balaban J connectivity index is 2.41. The van der Waals surface area contributed by atoms with E-state index in [0.29, 0.717) is 23.9 Å². The van der Waals surface area contributed by atoms with E-state index in [9.17, 15) is 0 Å². The van der Waals surface area contributed by atoms with Crippen molar-refractivity contribution >= 4 is 17.3 Å². The molecule has 4 heteroatoms. The minimum absolute atomic E-state index is 0.560. The molecule has 0 heterocycles. The first-order valence-corrected chi connectivity index (χ1v) is 6.98. The summed E-state index contributed by atoms with van der Waals surface area (Å²) in [7, 11) is 0. The molecular weight excluding hydrogens is 274 g/mol. The van der Waals surface area contributed by atoms with Crippen LogP contribution in [0, 0.1) is 0 Å². The fourth-order valence-electron chi connectivity index (χ4n) is 1.95. The van der Waals surface area contributed by atoms with Crippen molar-refractivity contribution in [2.45, 2.75) is 13.8 Å². The van der Waals surface area contributed by atoms with Gasteiger partial charge in [0.25, 0.3) is 0 Å². The highest BCUT2D eigenvalue weighted by Crippen LogP contribution is 2.34. The molecule has 0 aliphatic heterocycles. The third kappa shape index (κ3) is 3.17. The second-order valence-electron chi connectivity index (χ2n) is 4.26. The zero-order chi connectivity index (χ0) is 14.5. The zero-order valence-corrected chi connectivity index (χ0v) is 12.4. The Hall–Kier alpha value is -1.87. The topological polar surface area (TPSA) is 44.5 Å². The molecule has 0 saturated carbocycles. The van der Waals surface area contributed by atoms with E-state index >= 15 is 0 Å². The zero-order valence-electron chi connectivity index (χ0n) is 11.7. The summed E-state index contributed by atoms with van der Waals surface area (Å²) in [6.45, 7) is 5.09. The summed E-state index contributed by atoms with van der Waals surface area (Å²) >= 11 is 5.95. The fraction of sp³-hybridized carbons (Fsp3) is 0.250. The Morgan fingerprint density at radius 3 is 2.15 bits per heavy atom. The van der Waals surface area contributed by atoms with Crippen molar-refractivity contribution in [2.24, 2.45) is 0 Å². The van der Waals surface area contributed by atoms with Crippen molar-refractivity contribution in [3.63, 3.8) is 0 Å². The number of nitrogen functional groups attached to an aromatic ring is 1. The SMILES string of the molecule is CCOc1ccc(-c2ccc(Cl)c(N)c2)cc1OCC. The number of ether oxygens (including phenoxy) is 2. The molecule has 2 aromatic rings. The van der Waals surface area contributed by atoms with Gasteiger partial charge in [-0.3, -0.25) is 0 Å². The summed E-state index contributed by atoms with van der Waals surface area (Å²) < 4.78 is 11.2. The highest BCUT2D eigenvalue weighted by atomic mass is 35.5. The number of nitrogens with two attached hydrogens (primary N) is 1. The van der Waals surface area contributed by atoms with E-state index in [0.717, 1.165) is 22.6 Å². The maximum Gasteiger partial charge on any atom is 0.161 e. The van der Waals surface area contributed by atoms with Crippen LogP contribution in [0.4, 0.5) is 5.69 Å². The quantitative estimate of drug-likeness (QED) is 0.831. The lowest BCUT2D eigenvalue weighted by Crippen LogP contribution is -1.98. The normalized spacial score (nSPS) is 10.3. The Labute approximate surface area is 124 Å². The molecule has 2 N–H and O–H groups in total. The molecule has 2 aromatic carbocycles. The van der Waals surface area contributed by atoms with Crippen LogP contribution in [0.3, 0.4) is 0 Å². The molecule has 0 saturated heterocycles. The Kier molecular flexibility index (Phi) is 4.74. The summed E-state index contributed by atoms with van der Waals surface area (Å²) in [5.41, 5.74) is 8.42. The van der Waals surface area contributed by atoms with E-state index in [1.54, 1.807) is 6.07 Å². The van der Waals surface area contributed by atoms with Crippen molar-refractivity contribution in [1.82, 2.24) is 0 Å². The van der Waals surface area contributed by atoms with Gasteiger partial charge < -0.3 is 15.2 Å². The van der Waals surface area contributed by atoms with E-state index in [1.807, 2.05) is 44.2 Å². The first kappa shape index (κ1) is 14.5. The molecule has 3 nitrogen and oxygen atoms in total. The van der Waals surface area contributed by atoms with Crippen LogP contribution in [0.5, 0.6) is 11.5 Å². The largest absolute Gasteiger partial charge is 0.490 e. The van der Waals surface area contributed by atoms with Crippen molar-refractivity contribution in [3.05, 3.63) is 41.4 Å². The third-order valence-corrected chi connectivity index (χ3v) is 3.22. The molecule has 106 valence electrons. The Morgan fingerprint density at radius 2 is 1.50 bits per heavy atom. The van der Waals surface area contributed by atoms with Crippen LogP contribution in [-0.4, -0.2) is 13.2 Å². The molecule has 0 spiro atoms. The van der Waals surface area contributed by atoms with Crippen LogP contribution in [0.1, 0.15) is 13.8 Å². The van der Waals surface area contributed by atoms with Crippen molar-refractivity contribution in [2.75, 3.05) is 18.9 Å². The Bertz CT molecular complexity index is 599. The van der Waals surface area contributed by atoms with Gasteiger partial charge >= 0.3 is 0 Å². The van der Waals surface area contributed by atoms with E-state index in [-0.39, 0.29) is 0 Å². The van der Waals surface area contributed by atoms with Crippen molar-refractivity contribution in [3.8, 4) is 22.6 Å². The minimum Gasteiger partial charge on any atom is -0.490 e. The van der Waals surface area contributed by atoms with Gasteiger partial charge in [-0.05, 0) is 49.2 Å². The van der Waals surface area contributed by atoms with Gasteiger partial charge in [-0.25, -0.2) is 0 Å². The molecule has 0 aromatic heterocycles. The van der Waals surface area contributed by atoms with Crippen LogP contribution < -0.4 is 15.2 Å². The lowest BCUT2D eigenvalue weighted by molar-refractivity contribution is 0.288. The van der Waals surface area contributed by atoms with Crippen molar-refractivity contribution < 1.29 is 9.47 Å². The first-order valence-electron chi connectivity index (χ1n) is 6.60. The lowest BCUT2D eigenvalue weighted by Gasteiger charge is -2.13. The van der Waals surface area contributed by atoms with Gasteiger partial charge in [0.15, 0.2) is 11.5 Å². The molecule has 0 radical (unpaired) electrons. The standard InChI is InChI=1S/C16H18ClNO2/c1-3-19-15-8-6-12(10-16(15)20-4-2)11-5-7-13(17)14(18)9-11/h5-10H,3-4,18H2,1-2H3. The number of halogens is 1. The molecular formula is C16H18ClNO2. The molecule has 0 bridgehead atoms. The van der Waals surface area contributed by atoms with Gasteiger partial charge in [-0.1, -0.05) is 23.7 Å². The van der Waals surface area contributed by atoms with E-state index in [1.165, 1.54) is 0 Å². The summed E-state index contributed by atoms with van der Waals surface area (Å²) in [6, 6.07) is 11.4. The summed E-state index contributed by atoms with van der Waals surface area (Å²) in [5, 5.41) is 0.560. The van der Waals surface area contributed by atoms with Gasteiger partial charge in [0.2, 0.25) is 0 Å². The van der Waals surface area contributed by atoms with Crippen molar-refractivity contribution in [1.29, 1.82) is 0 Å². The van der Waals surface area contributed by atoms with Gasteiger partial charge in [0, 0.05) is 0 Å². The summed E-state index contributed by atoms with van der Waals surface area (Å²) in [6.07, 6.45) is 0. The Morgan fingerprint density at radius 1 is 0.900 bits per heavy atom. The predicted molar refractivity (Wildman–Crippen MR) is 83.6 cm³/mol. The summed E-state index contributed by atoms with van der Waals surface area (Å²) in [4.78, 5) is 0. The van der Waals surface area contributed by atoms with Crippen LogP contribution in [0.15, 0.2) is 36.4 Å². The monoisotopic (exact) mass is 291 g/mol. The van der Waals surface area contributed by atoms with E-state index in [2.05, 4.69) is 0 Å². The molecule has 2 rings (SSSR count). The number of benzene rings is 2.